The van der Waals surface area contributed by atoms with E-state index < -0.39 is 0 Å². The van der Waals surface area contributed by atoms with Crippen LogP contribution < -0.4 is 15.6 Å². The first kappa shape index (κ1) is 21.2. The molecule has 2 fully saturated rings. The Bertz CT molecular complexity index is 952. The molecule has 0 radical (unpaired) electrons. The number of amides is 1. The minimum atomic E-state index is -0.114. The number of nitrogens with one attached hydrogen (secondary N) is 2. The molecule has 9 nitrogen and oxygen atoms in total. The molecule has 2 saturated heterocycles. The average Bonchev–Trinajstić information content (AvgIpc) is 3.38. The molecule has 9 heteroatoms. The molecule has 3 aliphatic heterocycles. The highest BCUT2D eigenvalue weighted by Crippen LogP contribution is 2.31. The van der Waals surface area contributed by atoms with Crippen LogP contribution in [0.15, 0.2) is 24.5 Å². The van der Waals surface area contributed by atoms with E-state index in [0.717, 1.165) is 57.3 Å². The van der Waals surface area contributed by atoms with Crippen molar-refractivity contribution in [3.63, 3.8) is 0 Å². The highest BCUT2D eigenvalue weighted by atomic mass is 16.5. The number of fused-ring (bicyclic) bond motifs is 1. The normalized spacial score (nSPS) is 26.5. The molecule has 172 valence electrons. The van der Waals surface area contributed by atoms with Crippen LogP contribution in [0.1, 0.15) is 47.6 Å². The number of likely N-dealkylation sites (tertiary alicyclic amines) is 1. The number of carbonyl (C=O) groups excluding carboxylic acids is 1. The second-order valence-corrected chi connectivity index (χ2v) is 9.56. The zero-order chi connectivity index (χ0) is 22.2. The van der Waals surface area contributed by atoms with Crippen molar-refractivity contribution in [1.82, 2.24) is 24.9 Å². The molecule has 0 saturated carbocycles. The summed E-state index contributed by atoms with van der Waals surface area (Å²) in [6.45, 7) is 6.56. The fraction of sp³-hybridized carbons (Fsp3) is 0.609. The van der Waals surface area contributed by atoms with E-state index in [1.165, 1.54) is 5.56 Å². The Morgan fingerprint density at radius 3 is 2.69 bits per heavy atom. The molecule has 3 atom stereocenters. The lowest BCUT2D eigenvalue weighted by Crippen LogP contribution is -2.55. The predicted octanol–water partition coefficient (Wildman–Crippen LogP) is 1.62. The van der Waals surface area contributed by atoms with Crippen molar-refractivity contribution in [3.8, 4) is 0 Å². The average molecular weight is 440 g/mol. The number of anilines is 1. The molecule has 0 aromatic carbocycles. The molecule has 2 aromatic heterocycles. The molecule has 3 unspecified atom stereocenters. The van der Waals surface area contributed by atoms with E-state index in [0.29, 0.717) is 23.4 Å². The van der Waals surface area contributed by atoms with Crippen molar-refractivity contribution in [1.29, 1.82) is 0 Å². The molecule has 1 amide bonds. The maximum atomic E-state index is 12.9. The largest absolute Gasteiger partial charge is 0.381 e. The minimum absolute atomic E-state index is 0.0475. The maximum Gasteiger partial charge on any atom is 0.273 e. The van der Waals surface area contributed by atoms with Crippen LogP contribution in [0.3, 0.4) is 0 Å². The summed E-state index contributed by atoms with van der Waals surface area (Å²) in [6.07, 6.45) is 5.43. The standard InChI is InChI=1S/C23H33N7O2/c1-15-12-29(13-16-4-5-20(24-10-16)28(2)3)14-18(15)21-26-23(31)19-11-25-22(30(19)27-21)17-6-8-32-9-7-17/h4-5,10-11,15,17-18,21,27H,6-9,12-14H2,1-3H3,(H,26,31). The van der Waals surface area contributed by atoms with Gasteiger partial charge in [-0.15, -0.1) is 0 Å². The van der Waals surface area contributed by atoms with Crippen molar-refractivity contribution in [3.05, 3.63) is 41.6 Å². The highest BCUT2D eigenvalue weighted by molar-refractivity contribution is 5.93. The fourth-order valence-corrected chi connectivity index (χ4v) is 5.19. The third kappa shape index (κ3) is 4.06. The van der Waals surface area contributed by atoms with Crippen molar-refractivity contribution in [2.45, 2.75) is 38.4 Å². The van der Waals surface area contributed by atoms with Gasteiger partial charge in [-0.05, 0) is 30.4 Å². The van der Waals surface area contributed by atoms with Crippen LogP contribution in [-0.2, 0) is 11.3 Å². The number of carbonyl (C=O) groups is 1. The monoisotopic (exact) mass is 439 g/mol. The summed E-state index contributed by atoms with van der Waals surface area (Å²) in [4.78, 5) is 26.5. The first-order chi connectivity index (χ1) is 15.5. The number of aromatic nitrogens is 3. The van der Waals surface area contributed by atoms with E-state index >= 15 is 0 Å². The van der Waals surface area contributed by atoms with Gasteiger partial charge in [0.15, 0.2) is 0 Å². The van der Waals surface area contributed by atoms with Crippen LogP contribution in [0.2, 0.25) is 0 Å². The van der Waals surface area contributed by atoms with Gasteiger partial charge in [-0.1, -0.05) is 13.0 Å². The molecule has 5 heterocycles. The number of hydrogen-bond donors (Lipinski definition) is 2. The summed E-state index contributed by atoms with van der Waals surface area (Å²) < 4.78 is 7.45. The first-order valence-corrected chi connectivity index (χ1v) is 11.6. The van der Waals surface area contributed by atoms with Gasteiger partial charge in [0.1, 0.15) is 23.5 Å². The van der Waals surface area contributed by atoms with E-state index in [9.17, 15) is 4.79 Å². The number of hydrogen-bond acceptors (Lipinski definition) is 7. The molecular formula is C23H33N7O2. The molecule has 2 aromatic rings. The van der Waals surface area contributed by atoms with Crippen molar-refractivity contribution < 1.29 is 9.53 Å². The van der Waals surface area contributed by atoms with Gasteiger partial charge in [0.25, 0.3) is 5.91 Å². The lowest BCUT2D eigenvalue weighted by atomic mass is 9.94. The Morgan fingerprint density at radius 1 is 1.16 bits per heavy atom. The topological polar surface area (TPSA) is 87.6 Å². The van der Waals surface area contributed by atoms with Crippen molar-refractivity contribution in [2.75, 3.05) is 50.7 Å². The minimum Gasteiger partial charge on any atom is -0.381 e. The number of pyridine rings is 1. The van der Waals surface area contributed by atoms with Gasteiger partial charge in [-0.25, -0.2) is 14.6 Å². The molecule has 5 rings (SSSR count). The van der Waals surface area contributed by atoms with E-state index in [4.69, 9.17) is 4.74 Å². The Hall–Kier alpha value is -2.65. The van der Waals surface area contributed by atoms with Gasteiger partial charge >= 0.3 is 0 Å². The van der Waals surface area contributed by atoms with Crippen molar-refractivity contribution >= 4 is 11.7 Å². The van der Waals surface area contributed by atoms with E-state index in [2.05, 4.69) is 44.7 Å². The molecule has 0 aliphatic carbocycles. The van der Waals surface area contributed by atoms with Crippen LogP contribution in [0, 0.1) is 11.8 Å². The van der Waals surface area contributed by atoms with Gasteiger partial charge in [0.2, 0.25) is 0 Å². The number of ether oxygens (including phenoxy) is 1. The van der Waals surface area contributed by atoms with Gasteiger partial charge in [-0.2, -0.15) is 0 Å². The van der Waals surface area contributed by atoms with Crippen LogP contribution in [0.5, 0.6) is 0 Å². The van der Waals surface area contributed by atoms with Crippen LogP contribution in [0.25, 0.3) is 0 Å². The smallest absolute Gasteiger partial charge is 0.273 e. The van der Waals surface area contributed by atoms with Gasteiger partial charge < -0.3 is 20.4 Å². The molecule has 3 aliphatic rings. The third-order valence-corrected chi connectivity index (χ3v) is 7.01. The zero-order valence-electron chi connectivity index (χ0n) is 19.1. The van der Waals surface area contributed by atoms with E-state index in [-0.39, 0.29) is 12.1 Å². The Kier molecular flexibility index (Phi) is 5.77. The summed E-state index contributed by atoms with van der Waals surface area (Å²) in [5, 5.41) is 3.19. The third-order valence-electron chi connectivity index (χ3n) is 7.01. The second kappa shape index (κ2) is 8.71. The Balaban J connectivity index is 1.27. The summed E-state index contributed by atoms with van der Waals surface area (Å²) in [5.74, 6) is 2.97. The Labute approximate surface area is 189 Å². The highest BCUT2D eigenvalue weighted by Gasteiger charge is 2.40. The van der Waals surface area contributed by atoms with Gasteiger partial charge in [0, 0.05) is 65.0 Å². The first-order valence-electron chi connectivity index (χ1n) is 11.6. The van der Waals surface area contributed by atoms with Gasteiger partial charge in [0.05, 0.1) is 6.20 Å². The molecule has 0 bridgehead atoms. The lowest BCUT2D eigenvalue weighted by Gasteiger charge is -2.35. The molecule has 32 heavy (non-hydrogen) atoms. The summed E-state index contributed by atoms with van der Waals surface area (Å²) in [7, 11) is 4.00. The van der Waals surface area contributed by atoms with Crippen molar-refractivity contribution in [2.24, 2.45) is 11.8 Å². The molecule has 0 spiro atoms. The van der Waals surface area contributed by atoms with Gasteiger partial charge in [-0.3, -0.25) is 9.69 Å². The fourth-order valence-electron chi connectivity index (χ4n) is 5.19. The quantitative estimate of drug-likeness (QED) is 0.732. The van der Waals surface area contributed by atoms with E-state index in [1.807, 2.05) is 29.9 Å². The summed E-state index contributed by atoms with van der Waals surface area (Å²) in [5.41, 5.74) is 5.39. The lowest BCUT2D eigenvalue weighted by molar-refractivity contribution is 0.0818. The summed E-state index contributed by atoms with van der Waals surface area (Å²) >= 11 is 0. The Morgan fingerprint density at radius 2 is 1.97 bits per heavy atom. The van der Waals surface area contributed by atoms with Crippen LogP contribution in [0.4, 0.5) is 5.82 Å². The van der Waals surface area contributed by atoms with E-state index in [1.54, 1.807) is 6.20 Å². The second-order valence-electron chi connectivity index (χ2n) is 9.56. The zero-order valence-corrected chi connectivity index (χ0v) is 19.1. The molecular weight excluding hydrogens is 406 g/mol. The maximum absolute atomic E-state index is 12.9. The van der Waals surface area contributed by atoms with Crippen LogP contribution >= 0.6 is 0 Å². The molecule has 2 N–H and O–H groups in total. The van der Waals surface area contributed by atoms with Crippen LogP contribution in [-0.4, -0.2) is 72.0 Å². The number of rotatable bonds is 5. The predicted molar refractivity (Wildman–Crippen MR) is 122 cm³/mol. The SMILES string of the molecule is CC1CN(Cc2ccc(N(C)C)nc2)CC1C1NC(=O)c2cnc(C3CCOCC3)n2N1. The summed E-state index contributed by atoms with van der Waals surface area (Å²) in [6, 6.07) is 4.21. The number of nitrogens with zero attached hydrogens (tertiary/aromatic N) is 5. The number of imidazole rings is 1.